The molecule has 10 heterocycles. The van der Waals surface area contributed by atoms with Gasteiger partial charge in [0.15, 0.2) is 45.9 Å². The van der Waals surface area contributed by atoms with Crippen molar-refractivity contribution in [2.45, 2.75) is 53.1 Å². The molecule has 0 amide bonds. The van der Waals surface area contributed by atoms with Gasteiger partial charge in [0.05, 0.1) is 60.0 Å². The van der Waals surface area contributed by atoms with Crippen LogP contribution in [0.15, 0.2) is 133 Å². The standard InChI is InChI=1S/C19H16BrFN6O.C18H17F2N3O2.C12H8F2N4.C9H8N4O2/c1-10-4-5-11(2)23-17(10)13-8-22-26(3)18(13)15(28)6-12-7-16-24-19(20)25-27(16)9-14(12)21;1-18(2,3)25-16(24)9-12-8-15-21-17(22-23(15)10-14(12)20)11-4-6-13(19)7-5-11;13-8-3-1-7(2-4-8)12-16-11-5-10(15)9(14)6-18(11)17-12;1-13-8(9(14)15)6(5-11-13)7-3-2-4-10-12-7/h4-5,7-9H,6H2,1-3H3;4-8,10H,9H2,1-3H3;1-6H,15H2;2-5H,1H3,(H,14,15). The largest absolute Gasteiger partial charge is 0.477 e. The van der Waals surface area contributed by atoms with Crippen molar-refractivity contribution in [1.82, 2.24) is 78.5 Å². The van der Waals surface area contributed by atoms with E-state index in [0.717, 1.165) is 23.7 Å². The first-order valence-electron chi connectivity index (χ1n) is 25.7. The summed E-state index contributed by atoms with van der Waals surface area (Å²) >= 11 is 3.16. The number of benzene rings is 2. The van der Waals surface area contributed by atoms with Gasteiger partial charge in [-0.05, 0) is 135 Å². The van der Waals surface area contributed by atoms with Crippen LogP contribution in [-0.2, 0) is 36.5 Å². The molecule has 3 N–H and O–H groups in total. The number of ether oxygens (including phenoxy) is 1. The highest BCUT2D eigenvalue weighted by Crippen LogP contribution is 2.28. The van der Waals surface area contributed by atoms with Gasteiger partial charge >= 0.3 is 11.9 Å². The van der Waals surface area contributed by atoms with Crippen molar-refractivity contribution in [3.05, 3.63) is 196 Å². The van der Waals surface area contributed by atoms with E-state index in [4.69, 9.17) is 15.6 Å². The first-order chi connectivity index (χ1) is 40.9. The highest BCUT2D eigenvalue weighted by Gasteiger charge is 2.24. The van der Waals surface area contributed by atoms with E-state index in [1.807, 2.05) is 26.0 Å². The molecule has 12 rings (SSSR count). The van der Waals surface area contributed by atoms with E-state index in [-0.39, 0.29) is 52.8 Å². The smallest absolute Gasteiger partial charge is 0.354 e. The minimum atomic E-state index is -1.03. The number of pyridine rings is 4. The lowest BCUT2D eigenvalue weighted by Gasteiger charge is -2.19. The van der Waals surface area contributed by atoms with E-state index in [2.05, 4.69) is 71.6 Å². The Bertz CT molecular complexity index is 4450. The predicted molar refractivity (Wildman–Crippen MR) is 306 cm³/mol. The Hall–Kier alpha value is -10.5. The fourth-order valence-electron chi connectivity index (χ4n) is 8.45. The van der Waals surface area contributed by atoms with Gasteiger partial charge in [0.2, 0.25) is 4.73 Å². The number of aromatic nitrogens is 16. The van der Waals surface area contributed by atoms with Gasteiger partial charge in [-0.3, -0.25) is 23.9 Å². The van der Waals surface area contributed by atoms with Crippen LogP contribution < -0.4 is 5.73 Å². The summed E-state index contributed by atoms with van der Waals surface area (Å²) in [7, 11) is 3.26. The first-order valence-corrected chi connectivity index (χ1v) is 26.5. The molecule has 0 saturated carbocycles. The van der Waals surface area contributed by atoms with Crippen molar-refractivity contribution >= 4 is 56.3 Å². The van der Waals surface area contributed by atoms with Gasteiger partial charge in [-0.2, -0.15) is 20.4 Å². The minimum absolute atomic E-state index is 0.0144. The molecule has 0 aliphatic heterocycles. The molecule has 28 heteroatoms. The zero-order valence-corrected chi connectivity index (χ0v) is 48.2. The molecule has 22 nitrogen and oxygen atoms in total. The Balaban J connectivity index is 0.000000141. The number of aromatic carboxylic acids is 1. The van der Waals surface area contributed by atoms with E-state index in [1.165, 1.54) is 84.0 Å². The topological polar surface area (TPSA) is 272 Å². The molecule has 10 aromatic heterocycles. The van der Waals surface area contributed by atoms with Crippen LogP contribution in [0.4, 0.5) is 27.6 Å². The molecule has 438 valence electrons. The van der Waals surface area contributed by atoms with E-state index in [9.17, 15) is 36.3 Å². The van der Waals surface area contributed by atoms with Crippen molar-refractivity contribution in [3.8, 4) is 45.3 Å². The molecule has 0 aliphatic rings. The highest BCUT2D eigenvalue weighted by atomic mass is 79.9. The number of rotatable bonds is 10. The Kier molecular flexibility index (Phi) is 17.6. The van der Waals surface area contributed by atoms with Crippen LogP contribution in [0, 0.1) is 42.9 Å². The minimum Gasteiger partial charge on any atom is -0.477 e. The summed E-state index contributed by atoms with van der Waals surface area (Å²) in [4.78, 5) is 53.2. The average molecular weight is 1240 g/mol. The van der Waals surface area contributed by atoms with Gasteiger partial charge in [-0.25, -0.2) is 55.2 Å². The summed E-state index contributed by atoms with van der Waals surface area (Å²) in [5.74, 6) is -3.42. The third-order valence-electron chi connectivity index (χ3n) is 12.4. The van der Waals surface area contributed by atoms with E-state index >= 15 is 0 Å². The molecule has 0 spiro atoms. The lowest BCUT2D eigenvalue weighted by molar-refractivity contribution is -0.154. The van der Waals surface area contributed by atoms with Crippen LogP contribution in [0.25, 0.3) is 62.2 Å². The average Bonchev–Trinajstić information content (AvgIpc) is 2.39. The Morgan fingerprint density at radius 1 is 0.640 bits per heavy atom. The van der Waals surface area contributed by atoms with Gasteiger partial charge < -0.3 is 15.6 Å². The molecule has 12 aromatic rings. The molecule has 0 unspecified atom stereocenters. The molecule has 0 radical (unpaired) electrons. The number of halogens is 6. The Morgan fingerprint density at radius 3 is 1.72 bits per heavy atom. The van der Waals surface area contributed by atoms with Crippen LogP contribution in [-0.4, -0.2) is 107 Å². The Labute approximate surface area is 492 Å². The number of aryl methyl sites for hydroxylation is 4. The van der Waals surface area contributed by atoms with Gasteiger partial charge in [0.25, 0.3) is 0 Å². The highest BCUT2D eigenvalue weighted by molar-refractivity contribution is 9.10. The zero-order chi connectivity index (χ0) is 61.7. The van der Waals surface area contributed by atoms with Crippen molar-refractivity contribution in [2.24, 2.45) is 14.1 Å². The number of anilines is 1. The maximum absolute atomic E-state index is 14.5. The summed E-state index contributed by atoms with van der Waals surface area (Å²) in [6.07, 6.45) is 7.83. The number of hydrogen-bond donors (Lipinski definition) is 2. The van der Waals surface area contributed by atoms with Crippen LogP contribution in [0.1, 0.15) is 64.1 Å². The number of ketones is 1. The number of fused-ring (bicyclic) bond motifs is 3. The van der Waals surface area contributed by atoms with E-state index in [1.54, 1.807) is 77.5 Å². The van der Waals surface area contributed by atoms with E-state index in [0.29, 0.717) is 72.7 Å². The summed E-state index contributed by atoms with van der Waals surface area (Å²) < 4.78 is 80.0. The second-order valence-electron chi connectivity index (χ2n) is 20.0. The molecular weight excluding hydrogens is 1190 g/mol. The lowest BCUT2D eigenvalue weighted by Crippen LogP contribution is -2.25. The number of Topliss-reactive ketones (excluding diaryl/α,β-unsaturated/α-hetero) is 1. The molecular formula is C58H49BrF5N17O5. The summed E-state index contributed by atoms with van der Waals surface area (Å²) in [5.41, 5.74) is 12.4. The third-order valence-corrected chi connectivity index (χ3v) is 12.8. The molecule has 0 atom stereocenters. The van der Waals surface area contributed by atoms with Crippen LogP contribution in [0.3, 0.4) is 0 Å². The van der Waals surface area contributed by atoms with Crippen molar-refractivity contribution in [3.63, 3.8) is 0 Å². The maximum Gasteiger partial charge on any atom is 0.354 e. The molecule has 86 heavy (non-hydrogen) atoms. The summed E-state index contributed by atoms with van der Waals surface area (Å²) in [5, 5.41) is 36.9. The van der Waals surface area contributed by atoms with Crippen LogP contribution >= 0.6 is 15.9 Å². The summed E-state index contributed by atoms with van der Waals surface area (Å²) in [6, 6.07) is 23.1. The van der Waals surface area contributed by atoms with E-state index < -0.39 is 35.0 Å². The van der Waals surface area contributed by atoms with Crippen molar-refractivity contribution in [2.75, 3.05) is 5.73 Å². The fourth-order valence-corrected chi connectivity index (χ4v) is 8.80. The second kappa shape index (κ2) is 25.1. The normalized spacial score (nSPS) is 11.2. The van der Waals surface area contributed by atoms with Gasteiger partial charge in [-0.1, -0.05) is 6.07 Å². The third kappa shape index (κ3) is 14.1. The van der Waals surface area contributed by atoms with Gasteiger partial charge in [-0.15, -0.1) is 15.3 Å². The van der Waals surface area contributed by atoms with Crippen molar-refractivity contribution < 1.29 is 46.2 Å². The van der Waals surface area contributed by atoms with Gasteiger partial charge in [0, 0.05) is 66.3 Å². The lowest BCUT2D eigenvalue weighted by atomic mass is 10.0. The number of hydrogen-bond acceptors (Lipinski definition) is 16. The number of nitrogens with two attached hydrogens (primary N) is 1. The Morgan fingerprint density at radius 2 is 1.16 bits per heavy atom. The number of carbonyl (C=O) groups excluding carboxylic acids is 2. The SMILES string of the molecule is CC(C)(C)OC(=O)Cc1cc2nc(-c3ccc(F)cc3)nn2cc1F.Cc1ccc(C)c(-c2cnn(C)c2C(=O)Cc2cc3nc(Br)nn3cc2F)n1.Cn1ncc(-c2cccnn2)c1C(=O)O.Nc1cc2nc(-c3ccc(F)cc3)nn2cc1F. The molecule has 2 aromatic carbocycles. The predicted octanol–water partition coefficient (Wildman–Crippen LogP) is 9.86. The number of carboxylic acid groups (broad SMARTS) is 1. The number of carboxylic acids is 1. The molecule has 0 aliphatic carbocycles. The van der Waals surface area contributed by atoms with Crippen LogP contribution in [0.5, 0.6) is 0 Å². The van der Waals surface area contributed by atoms with Crippen LogP contribution in [0.2, 0.25) is 0 Å². The molecule has 0 bridgehead atoms. The number of nitrogen functional groups attached to an aromatic ring is 1. The van der Waals surface area contributed by atoms with Crippen molar-refractivity contribution in [1.29, 1.82) is 0 Å². The zero-order valence-electron chi connectivity index (χ0n) is 46.6. The quantitative estimate of drug-likeness (QED) is 0.0732. The number of esters is 1. The number of carbonyl (C=O) groups is 3. The second-order valence-corrected chi connectivity index (χ2v) is 20.7. The number of nitrogens with zero attached hydrogens (tertiary/aromatic N) is 16. The maximum atomic E-state index is 14.5. The van der Waals surface area contributed by atoms with Gasteiger partial charge in [0.1, 0.15) is 34.6 Å². The first kappa shape index (κ1) is 60.1. The summed E-state index contributed by atoms with van der Waals surface area (Å²) in [6.45, 7) is 9.07. The molecule has 0 fully saturated rings. The molecule has 0 saturated heterocycles. The fraction of sp³-hybridized carbons (Fsp3) is 0.172. The monoisotopic (exact) mass is 1240 g/mol.